The Hall–Kier alpha value is -7.62. The number of para-hydroxylation sites is 2. The van der Waals surface area contributed by atoms with Crippen LogP contribution in [0.3, 0.4) is 0 Å². The summed E-state index contributed by atoms with van der Waals surface area (Å²) in [5, 5.41) is 4.52. The lowest BCUT2D eigenvalue weighted by atomic mass is 9.70. The first-order chi connectivity index (χ1) is 28.8. The molecule has 0 saturated carbocycles. The van der Waals surface area contributed by atoms with Crippen molar-refractivity contribution in [1.82, 2.24) is 0 Å². The van der Waals surface area contributed by atoms with Gasteiger partial charge in [-0.15, -0.1) is 0 Å². The zero-order chi connectivity index (χ0) is 38.0. The molecule has 0 bridgehead atoms. The Balaban J connectivity index is 1.07. The molecule has 3 heteroatoms. The van der Waals surface area contributed by atoms with Crippen LogP contribution < -0.4 is 4.90 Å². The lowest BCUT2D eigenvalue weighted by Crippen LogP contribution is -2.26. The highest BCUT2D eigenvalue weighted by atomic mass is 16.3. The number of rotatable bonds is 4. The molecule has 0 fully saturated rings. The molecule has 1 spiro atoms. The van der Waals surface area contributed by atoms with Crippen LogP contribution in [0.15, 0.2) is 209 Å². The molecule has 1 unspecified atom stereocenters. The number of hydrogen-bond donors (Lipinski definition) is 0. The molecule has 0 aliphatic heterocycles. The maximum atomic E-state index is 6.50. The summed E-state index contributed by atoms with van der Waals surface area (Å²) in [7, 11) is 0. The first-order valence-electron chi connectivity index (χ1n) is 19.9. The van der Waals surface area contributed by atoms with Crippen molar-refractivity contribution in [3.63, 3.8) is 0 Å². The number of anilines is 3. The number of hydrogen-bond acceptors (Lipinski definition) is 3. The van der Waals surface area contributed by atoms with Crippen molar-refractivity contribution >= 4 is 60.9 Å². The average Bonchev–Trinajstić information content (AvgIpc) is 4.02. The smallest absolute Gasteiger partial charge is 0.136 e. The van der Waals surface area contributed by atoms with E-state index in [0.29, 0.717) is 0 Å². The molecule has 0 N–H and O–H groups in total. The zero-order valence-corrected chi connectivity index (χ0v) is 31.3. The van der Waals surface area contributed by atoms with Gasteiger partial charge in [0.2, 0.25) is 0 Å². The van der Waals surface area contributed by atoms with Crippen LogP contribution in [0.1, 0.15) is 22.3 Å². The molecule has 2 heterocycles. The van der Waals surface area contributed by atoms with E-state index in [1.807, 2.05) is 0 Å². The van der Waals surface area contributed by atoms with Gasteiger partial charge in [-0.2, -0.15) is 0 Å². The summed E-state index contributed by atoms with van der Waals surface area (Å²) in [5.41, 5.74) is 18.9. The summed E-state index contributed by atoms with van der Waals surface area (Å²) in [6, 6.07) is 72.5. The van der Waals surface area contributed by atoms with Gasteiger partial charge in [-0.1, -0.05) is 133 Å². The van der Waals surface area contributed by atoms with Crippen LogP contribution in [0.5, 0.6) is 0 Å². The largest absolute Gasteiger partial charge is 0.456 e. The van der Waals surface area contributed by atoms with E-state index in [2.05, 4.69) is 205 Å². The molecule has 58 heavy (non-hydrogen) atoms. The lowest BCUT2D eigenvalue weighted by Gasteiger charge is -2.32. The highest BCUT2D eigenvalue weighted by Gasteiger charge is 2.52. The summed E-state index contributed by atoms with van der Waals surface area (Å²) < 4.78 is 12.9. The predicted molar refractivity (Wildman–Crippen MR) is 237 cm³/mol. The van der Waals surface area contributed by atoms with E-state index >= 15 is 0 Å². The van der Waals surface area contributed by atoms with Gasteiger partial charge in [0, 0.05) is 38.6 Å². The van der Waals surface area contributed by atoms with Crippen LogP contribution in [-0.2, 0) is 5.41 Å². The second-order valence-corrected chi connectivity index (χ2v) is 15.6. The fraction of sp³-hybridized carbons (Fsp3) is 0.0182. The van der Waals surface area contributed by atoms with Crippen molar-refractivity contribution in [1.29, 1.82) is 0 Å². The Labute approximate surface area is 334 Å². The first-order valence-corrected chi connectivity index (χ1v) is 19.9. The third-order valence-corrected chi connectivity index (χ3v) is 12.7. The summed E-state index contributed by atoms with van der Waals surface area (Å²) >= 11 is 0. The molecule has 9 aromatic carbocycles. The van der Waals surface area contributed by atoms with Crippen LogP contribution in [0.25, 0.3) is 77.3 Å². The van der Waals surface area contributed by atoms with E-state index in [0.717, 1.165) is 55.6 Å². The maximum Gasteiger partial charge on any atom is 0.136 e. The normalized spacial score (nSPS) is 15.0. The fourth-order valence-corrected chi connectivity index (χ4v) is 10.3. The second-order valence-electron chi connectivity index (χ2n) is 15.6. The molecule has 3 nitrogen and oxygen atoms in total. The minimum absolute atomic E-state index is 0.526. The van der Waals surface area contributed by atoms with E-state index in [9.17, 15) is 0 Å². The van der Waals surface area contributed by atoms with Crippen LogP contribution in [-0.4, -0.2) is 0 Å². The van der Waals surface area contributed by atoms with Gasteiger partial charge in [-0.25, -0.2) is 0 Å². The van der Waals surface area contributed by atoms with Gasteiger partial charge in [0.1, 0.15) is 22.3 Å². The molecular formula is C55H33NO2. The highest BCUT2D eigenvalue weighted by Crippen LogP contribution is 2.64. The van der Waals surface area contributed by atoms with Crippen molar-refractivity contribution < 1.29 is 8.83 Å². The van der Waals surface area contributed by atoms with Crippen molar-refractivity contribution in [3.05, 3.63) is 222 Å². The Kier molecular flexibility index (Phi) is 6.37. The molecule has 270 valence electrons. The van der Waals surface area contributed by atoms with E-state index in [1.165, 1.54) is 61.0 Å². The number of benzene rings is 9. The summed E-state index contributed by atoms with van der Waals surface area (Å²) in [4.78, 5) is 2.39. The van der Waals surface area contributed by atoms with Crippen molar-refractivity contribution in [2.45, 2.75) is 5.41 Å². The number of nitrogens with zero attached hydrogens (tertiary/aromatic N) is 1. The Morgan fingerprint density at radius 3 is 1.76 bits per heavy atom. The van der Waals surface area contributed by atoms with Gasteiger partial charge >= 0.3 is 0 Å². The first kappa shape index (κ1) is 31.6. The van der Waals surface area contributed by atoms with Gasteiger partial charge in [-0.3, -0.25) is 0 Å². The van der Waals surface area contributed by atoms with Gasteiger partial charge in [0.05, 0.1) is 5.41 Å². The second kappa shape index (κ2) is 11.7. The van der Waals surface area contributed by atoms with E-state index < -0.39 is 5.41 Å². The summed E-state index contributed by atoms with van der Waals surface area (Å²) in [5.74, 6) is 0. The molecule has 0 saturated heterocycles. The third kappa shape index (κ3) is 4.17. The average molecular weight is 740 g/mol. The standard InChI is InChI=1S/C55H33NO2/c1-3-13-34(14-4-1)35-23-28-50-43(31-35)44-32-37(25-29-51(44)57-50)56(36-15-5-2-6-16-36)38-24-26-40-39-17-7-10-20-45(39)55(48(40)33-38)46-21-11-8-18-41(46)53-47(55)27-30-52-54(53)42-19-9-12-22-49(42)58-52/h1-33H. The van der Waals surface area contributed by atoms with Gasteiger partial charge in [-0.05, 0) is 122 Å². The minimum Gasteiger partial charge on any atom is -0.456 e. The molecule has 11 aromatic rings. The van der Waals surface area contributed by atoms with Crippen LogP contribution in [0, 0.1) is 0 Å². The zero-order valence-electron chi connectivity index (χ0n) is 31.3. The highest BCUT2D eigenvalue weighted by molar-refractivity contribution is 6.16. The van der Waals surface area contributed by atoms with E-state index in [4.69, 9.17) is 8.83 Å². The molecule has 0 radical (unpaired) electrons. The Morgan fingerprint density at radius 2 is 0.914 bits per heavy atom. The predicted octanol–water partition coefficient (Wildman–Crippen LogP) is 15.0. The Bertz CT molecular complexity index is 3470. The van der Waals surface area contributed by atoms with Gasteiger partial charge in [0.15, 0.2) is 0 Å². The molecule has 2 aliphatic rings. The van der Waals surface area contributed by atoms with E-state index in [-0.39, 0.29) is 0 Å². The van der Waals surface area contributed by atoms with Crippen molar-refractivity contribution in [3.8, 4) is 33.4 Å². The van der Waals surface area contributed by atoms with Crippen molar-refractivity contribution in [2.24, 2.45) is 0 Å². The van der Waals surface area contributed by atoms with Gasteiger partial charge < -0.3 is 13.7 Å². The number of fused-ring (bicyclic) bond motifs is 17. The molecule has 0 amide bonds. The summed E-state index contributed by atoms with van der Waals surface area (Å²) in [6.07, 6.45) is 0. The molecule has 2 aromatic heterocycles. The van der Waals surface area contributed by atoms with Crippen molar-refractivity contribution in [2.75, 3.05) is 4.90 Å². The third-order valence-electron chi connectivity index (χ3n) is 12.7. The lowest BCUT2D eigenvalue weighted by molar-refractivity contribution is 0.668. The molecule has 13 rings (SSSR count). The monoisotopic (exact) mass is 739 g/mol. The van der Waals surface area contributed by atoms with Crippen LogP contribution >= 0.6 is 0 Å². The molecular weight excluding hydrogens is 707 g/mol. The fourth-order valence-electron chi connectivity index (χ4n) is 10.3. The Morgan fingerprint density at radius 1 is 0.328 bits per heavy atom. The number of furan rings is 2. The quantitative estimate of drug-likeness (QED) is 0.180. The van der Waals surface area contributed by atoms with Crippen LogP contribution in [0.4, 0.5) is 17.1 Å². The molecule has 2 aliphatic carbocycles. The SMILES string of the molecule is c1ccc(-c2ccc3oc4ccc(N(c5ccccc5)c5ccc6c(c5)C5(c7ccccc7-6)c6ccccc6-c6c5ccc5oc7ccccc7c65)cc4c3c2)cc1. The topological polar surface area (TPSA) is 29.5 Å². The minimum atomic E-state index is -0.526. The summed E-state index contributed by atoms with van der Waals surface area (Å²) in [6.45, 7) is 0. The van der Waals surface area contributed by atoms with Gasteiger partial charge in [0.25, 0.3) is 0 Å². The molecule has 1 atom stereocenters. The van der Waals surface area contributed by atoms with E-state index in [1.54, 1.807) is 0 Å². The van der Waals surface area contributed by atoms with Crippen LogP contribution in [0.2, 0.25) is 0 Å². The maximum absolute atomic E-state index is 6.50.